The fraction of sp³-hybridized carbons (Fsp3) is 0.533. The Hall–Kier alpha value is -1.29. The molecule has 2 bridgehead atoms. The van der Waals surface area contributed by atoms with Crippen LogP contribution in [0.2, 0.25) is 0 Å². The van der Waals surface area contributed by atoms with Crippen molar-refractivity contribution >= 4 is 22.9 Å². The van der Waals surface area contributed by atoms with Crippen LogP contribution < -0.4 is 15.8 Å². The molecular weight excluding hydrogens is 256 g/mol. The average molecular weight is 276 g/mol. The van der Waals surface area contributed by atoms with Gasteiger partial charge >= 0.3 is 0 Å². The van der Waals surface area contributed by atoms with Gasteiger partial charge in [0.15, 0.2) is 0 Å². The van der Waals surface area contributed by atoms with E-state index in [1.807, 2.05) is 18.2 Å². The molecule has 1 aromatic carbocycles. The van der Waals surface area contributed by atoms with Gasteiger partial charge in [0, 0.05) is 23.4 Å². The molecule has 3 N–H and O–H groups in total. The summed E-state index contributed by atoms with van der Waals surface area (Å²) in [5.74, 6) is 2.57. The van der Waals surface area contributed by atoms with Gasteiger partial charge in [-0.2, -0.15) is 0 Å². The van der Waals surface area contributed by atoms with Gasteiger partial charge in [-0.25, -0.2) is 0 Å². The van der Waals surface area contributed by atoms with E-state index >= 15 is 0 Å². The lowest BCUT2D eigenvalue weighted by molar-refractivity contribution is 0.414. The van der Waals surface area contributed by atoms with Crippen molar-refractivity contribution < 1.29 is 4.74 Å². The van der Waals surface area contributed by atoms with Gasteiger partial charge in [0.25, 0.3) is 0 Å². The number of methoxy groups -OCH3 is 1. The third-order valence-electron chi connectivity index (χ3n) is 4.57. The van der Waals surface area contributed by atoms with Crippen LogP contribution in [0.1, 0.15) is 31.2 Å². The number of ether oxygens (including phenoxy) is 1. The monoisotopic (exact) mass is 276 g/mol. The van der Waals surface area contributed by atoms with Crippen molar-refractivity contribution in [2.75, 3.05) is 12.4 Å². The maximum absolute atomic E-state index is 5.81. The SMILES string of the molecule is COc1ccc(C(N)=S)c(NC2CC3CCC2C3)c1. The van der Waals surface area contributed by atoms with Crippen molar-refractivity contribution in [3.63, 3.8) is 0 Å². The highest BCUT2D eigenvalue weighted by Gasteiger charge is 2.39. The van der Waals surface area contributed by atoms with Crippen LogP contribution in [0, 0.1) is 11.8 Å². The first-order valence-corrected chi connectivity index (χ1v) is 7.32. The molecule has 0 aliphatic heterocycles. The van der Waals surface area contributed by atoms with Crippen molar-refractivity contribution in [1.29, 1.82) is 0 Å². The van der Waals surface area contributed by atoms with Gasteiger partial charge < -0.3 is 15.8 Å². The van der Waals surface area contributed by atoms with Crippen LogP contribution in [-0.2, 0) is 0 Å². The minimum absolute atomic E-state index is 0.438. The van der Waals surface area contributed by atoms with Gasteiger partial charge in [-0.1, -0.05) is 18.6 Å². The first-order chi connectivity index (χ1) is 9.17. The van der Waals surface area contributed by atoms with Crippen LogP contribution in [0.4, 0.5) is 5.69 Å². The largest absolute Gasteiger partial charge is 0.497 e. The Bertz CT molecular complexity index is 503. The van der Waals surface area contributed by atoms with E-state index in [1.54, 1.807) is 7.11 Å². The second-order valence-electron chi connectivity index (χ2n) is 5.70. The van der Waals surface area contributed by atoms with Crippen LogP contribution >= 0.6 is 12.2 Å². The summed E-state index contributed by atoms with van der Waals surface area (Å²) in [4.78, 5) is 0.438. The smallest absolute Gasteiger partial charge is 0.120 e. The fourth-order valence-corrected chi connectivity index (χ4v) is 3.78. The summed E-state index contributed by atoms with van der Waals surface area (Å²) in [5, 5.41) is 3.65. The van der Waals surface area contributed by atoms with E-state index in [1.165, 1.54) is 25.7 Å². The minimum Gasteiger partial charge on any atom is -0.497 e. The van der Waals surface area contributed by atoms with Crippen LogP contribution in [0.5, 0.6) is 5.75 Å². The van der Waals surface area contributed by atoms with Crippen molar-refractivity contribution in [3.8, 4) is 5.75 Å². The first kappa shape index (κ1) is 12.7. The van der Waals surface area contributed by atoms with Crippen molar-refractivity contribution in [2.24, 2.45) is 17.6 Å². The molecule has 4 heteroatoms. The summed E-state index contributed by atoms with van der Waals surface area (Å²) < 4.78 is 5.29. The molecule has 0 spiro atoms. The summed E-state index contributed by atoms with van der Waals surface area (Å²) in [6.07, 6.45) is 5.42. The molecule has 3 atom stereocenters. The molecule has 3 nitrogen and oxygen atoms in total. The molecule has 0 saturated heterocycles. The van der Waals surface area contributed by atoms with E-state index in [0.717, 1.165) is 28.8 Å². The standard InChI is InChI=1S/C15H20N2OS/c1-18-11-4-5-12(15(16)19)14(8-11)17-13-7-9-2-3-10(13)6-9/h4-5,8-10,13,17H,2-3,6-7H2,1H3,(H2,16,19). The maximum atomic E-state index is 5.81. The van der Waals surface area contributed by atoms with Gasteiger partial charge in [-0.3, -0.25) is 0 Å². The molecule has 2 aliphatic rings. The third-order valence-corrected chi connectivity index (χ3v) is 4.79. The highest BCUT2D eigenvalue weighted by Crippen LogP contribution is 2.45. The molecule has 2 fully saturated rings. The second-order valence-corrected chi connectivity index (χ2v) is 6.14. The molecule has 19 heavy (non-hydrogen) atoms. The molecule has 1 aromatic rings. The van der Waals surface area contributed by atoms with Gasteiger partial charge in [0.05, 0.1) is 7.11 Å². The highest BCUT2D eigenvalue weighted by atomic mass is 32.1. The number of hydrogen-bond donors (Lipinski definition) is 2. The lowest BCUT2D eigenvalue weighted by atomic mass is 9.95. The zero-order valence-corrected chi connectivity index (χ0v) is 12.0. The molecule has 102 valence electrons. The number of nitrogens with two attached hydrogens (primary N) is 1. The van der Waals surface area contributed by atoms with Crippen molar-refractivity contribution in [2.45, 2.75) is 31.7 Å². The summed E-state index contributed by atoms with van der Waals surface area (Å²) in [7, 11) is 1.68. The Labute approximate surface area is 119 Å². The van der Waals surface area contributed by atoms with Crippen LogP contribution in [0.3, 0.4) is 0 Å². The number of anilines is 1. The molecular formula is C15H20N2OS. The summed E-state index contributed by atoms with van der Waals surface area (Å²) in [5.41, 5.74) is 7.74. The zero-order chi connectivity index (χ0) is 13.4. The predicted molar refractivity (Wildman–Crippen MR) is 81.7 cm³/mol. The number of hydrogen-bond acceptors (Lipinski definition) is 3. The molecule has 3 unspecified atom stereocenters. The lowest BCUT2D eigenvalue weighted by Crippen LogP contribution is -2.27. The molecule has 3 rings (SSSR count). The van der Waals surface area contributed by atoms with E-state index in [2.05, 4.69) is 5.32 Å². The fourth-order valence-electron chi connectivity index (χ4n) is 3.61. The van der Waals surface area contributed by atoms with E-state index in [0.29, 0.717) is 11.0 Å². The molecule has 2 aliphatic carbocycles. The van der Waals surface area contributed by atoms with E-state index in [-0.39, 0.29) is 0 Å². The summed E-state index contributed by atoms with van der Waals surface area (Å²) in [6, 6.07) is 6.41. The Morgan fingerprint density at radius 1 is 1.37 bits per heavy atom. The summed E-state index contributed by atoms with van der Waals surface area (Å²) >= 11 is 5.13. The topological polar surface area (TPSA) is 47.3 Å². The van der Waals surface area contributed by atoms with E-state index in [9.17, 15) is 0 Å². The van der Waals surface area contributed by atoms with Crippen molar-refractivity contribution in [1.82, 2.24) is 0 Å². The number of rotatable bonds is 4. The highest BCUT2D eigenvalue weighted by molar-refractivity contribution is 7.80. The Balaban J connectivity index is 1.84. The van der Waals surface area contributed by atoms with Gasteiger partial charge in [-0.15, -0.1) is 0 Å². The average Bonchev–Trinajstić information content (AvgIpc) is 3.00. The zero-order valence-electron chi connectivity index (χ0n) is 11.2. The molecule has 0 radical (unpaired) electrons. The van der Waals surface area contributed by atoms with E-state index < -0.39 is 0 Å². The normalized spacial score (nSPS) is 28.4. The van der Waals surface area contributed by atoms with Gasteiger partial charge in [-0.05, 0) is 43.2 Å². The number of thiocarbonyl (C=S) groups is 1. The van der Waals surface area contributed by atoms with Gasteiger partial charge in [0.2, 0.25) is 0 Å². The van der Waals surface area contributed by atoms with Gasteiger partial charge in [0.1, 0.15) is 10.7 Å². The number of fused-ring (bicyclic) bond motifs is 2. The Morgan fingerprint density at radius 2 is 2.21 bits per heavy atom. The lowest BCUT2D eigenvalue weighted by Gasteiger charge is -2.25. The molecule has 0 amide bonds. The van der Waals surface area contributed by atoms with Crippen LogP contribution in [0.25, 0.3) is 0 Å². The number of benzene rings is 1. The third kappa shape index (κ3) is 2.41. The first-order valence-electron chi connectivity index (χ1n) is 6.91. The van der Waals surface area contributed by atoms with Crippen molar-refractivity contribution in [3.05, 3.63) is 23.8 Å². The predicted octanol–water partition coefficient (Wildman–Crippen LogP) is 2.93. The minimum atomic E-state index is 0.438. The Kier molecular flexibility index (Phi) is 3.35. The van der Waals surface area contributed by atoms with E-state index in [4.69, 9.17) is 22.7 Å². The molecule has 0 heterocycles. The number of nitrogens with one attached hydrogen (secondary N) is 1. The van der Waals surface area contributed by atoms with Crippen LogP contribution in [-0.4, -0.2) is 18.1 Å². The second kappa shape index (κ2) is 5.00. The maximum Gasteiger partial charge on any atom is 0.120 e. The van der Waals surface area contributed by atoms with Crippen LogP contribution in [0.15, 0.2) is 18.2 Å². The summed E-state index contributed by atoms with van der Waals surface area (Å²) in [6.45, 7) is 0. The molecule has 2 saturated carbocycles. The Morgan fingerprint density at radius 3 is 2.79 bits per heavy atom. The quantitative estimate of drug-likeness (QED) is 0.830. The molecule has 0 aromatic heterocycles.